The zero-order chi connectivity index (χ0) is 14.1. The van der Waals surface area contributed by atoms with Crippen molar-refractivity contribution < 1.29 is 4.42 Å². The quantitative estimate of drug-likeness (QED) is 0.577. The Labute approximate surface area is 120 Å². The summed E-state index contributed by atoms with van der Waals surface area (Å²) in [5.74, 6) is 1.27. The van der Waals surface area contributed by atoms with E-state index in [1.807, 2.05) is 12.1 Å². The van der Waals surface area contributed by atoms with Crippen LogP contribution < -0.4 is 0 Å². The van der Waals surface area contributed by atoms with Crippen LogP contribution in [0.1, 0.15) is 32.3 Å². The standard InChI is InChI=1S/C19H20O/c1-13(2)14(3)15-4-6-16(7-5-15)17-8-9-19-18(12-17)10-11-20-19/h4-14H,1-3H3. The Bertz CT molecular complexity index is 704. The Hall–Kier alpha value is -2.02. The molecule has 1 nitrogen and oxygen atoms in total. The van der Waals surface area contributed by atoms with Crippen molar-refractivity contribution in [1.29, 1.82) is 0 Å². The van der Waals surface area contributed by atoms with Gasteiger partial charge in [-0.05, 0) is 46.7 Å². The molecule has 0 saturated heterocycles. The second kappa shape index (κ2) is 5.16. The molecule has 0 aliphatic carbocycles. The number of benzene rings is 2. The van der Waals surface area contributed by atoms with Gasteiger partial charge >= 0.3 is 0 Å². The number of fused-ring (bicyclic) bond motifs is 1. The highest BCUT2D eigenvalue weighted by atomic mass is 16.3. The molecule has 0 fully saturated rings. The maximum Gasteiger partial charge on any atom is 0.133 e. The Morgan fingerprint density at radius 2 is 1.50 bits per heavy atom. The van der Waals surface area contributed by atoms with Crippen molar-refractivity contribution in [2.24, 2.45) is 5.92 Å². The van der Waals surface area contributed by atoms with Crippen molar-refractivity contribution in [3.63, 3.8) is 0 Å². The zero-order valence-electron chi connectivity index (χ0n) is 12.3. The summed E-state index contributed by atoms with van der Waals surface area (Å²) in [6, 6.07) is 17.3. The van der Waals surface area contributed by atoms with E-state index < -0.39 is 0 Å². The highest BCUT2D eigenvalue weighted by Gasteiger charge is 2.10. The molecular formula is C19H20O. The molecular weight excluding hydrogens is 244 g/mol. The second-order valence-corrected chi connectivity index (χ2v) is 5.83. The Kier molecular flexibility index (Phi) is 3.35. The Morgan fingerprint density at radius 3 is 2.20 bits per heavy atom. The van der Waals surface area contributed by atoms with Gasteiger partial charge in [0.15, 0.2) is 0 Å². The van der Waals surface area contributed by atoms with E-state index in [-0.39, 0.29) is 0 Å². The van der Waals surface area contributed by atoms with Gasteiger partial charge in [-0.3, -0.25) is 0 Å². The molecule has 0 saturated carbocycles. The lowest BCUT2D eigenvalue weighted by Crippen LogP contribution is -2.01. The minimum Gasteiger partial charge on any atom is -0.464 e. The molecule has 3 rings (SSSR count). The molecule has 3 aromatic rings. The molecule has 1 atom stereocenters. The minimum absolute atomic E-state index is 0.598. The van der Waals surface area contributed by atoms with Crippen LogP contribution >= 0.6 is 0 Å². The average molecular weight is 264 g/mol. The molecule has 0 amide bonds. The first kappa shape index (κ1) is 13.0. The van der Waals surface area contributed by atoms with E-state index in [0.29, 0.717) is 11.8 Å². The monoisotopic (exact) mass is 264 g/mol. The van der Waals surface area contributed by atoms with Crippen LogP contribution in [0.2, 0.25) is 0 Å². The molecule has 0 aliphatic heterocycles. The lowest BCUT2D eigenvalue weighted by atomic mass is 9.89. The zero-order valence-corrected chi connectivity index (χ0v) is 12.3. The molecule has 1 heteroatoms. The molecule has 0 spiro atoms. The third-order valence-corrected chi connectivity index (χ3v) is 4.22. The molecule has 0 radical (unpaired) electrons. The highest BCUT2D eigenvalue weighted by Crippen LogP contribution is 2.28. The fourth-order valence-corrected chi connectivity index (χ4v) is 2.51. The molecule has 1 heterocycles. The number of furan rings is 1. The molecule has 1 aromatic heterocycles. The third-order valence-electron chi connectivity index (χ3n) is 4.22. The van der Waals surface area contributed by atoms with Gasteiger partial charge in [-0.15, -0.1) is 0 Å². The maximum absolute atomic E-state index is 5.39. The van der Waals surface area contributed by atoms with Crippen molar-refractivity contribution in [1.82, 2.24) is 0 Å². The Balaban J connectivity index is 1.94. The third kappa shape index (κ3) is 2.36. The van der Waals surface area contributed by atoms with Gasteiger partial charge in [0.25, 0.3) is 0 Å². The van der Waals surface area contributed by atoms with Crippen molar-refractivity contribution in [2.75, 3.05) is 0 Å². The van der Waals surface area contributed by atoms with Gasteiger partial charge in [0.2, 0.25) is 0 Å². The van der Waals surface area contributed by atoms with Gasteiger partial charge in [0, 0.05) is 5.39 Å². The van der Waals surface area contributed by atoms with Gasteiger partial charge in [-0.25, -0.2) is 0 Å². The van der Waals surface area contributed by atoms with Gasteiger partial charge < -0.3 is 4.42 Å². The topological polar surface area (TPSA) is 13.1 Å². The summed E-state index contributed by atoms with van der Waals surface area (Å²) >= 11 is 0. The van der Waals surface area contributed by atoms with E-state index in [4.69, 9.17) is 4.42 Å². The minimum atomic E-state index is 0.598. The van der Waals surface area contributed by atoms with Crippen LogP contribution in [0.15, 0.2) is 59.2 Å². The summed E-state index contributed by atoms with van der Waals surface area (Å²) in [5.41, 5.74) is 4.85. The second-order valence-electron chi connectivity index (χ2n) is 5.83. The lowest BCUT2D eigenvalue weighted by Gasteiger charge is -2.16. The van der Waals surface area contributed by atoms with E-state index in [9.17, 15) is 0 Å². The van der Waals surface area contributed by atoms with E-state index in [1.165, 1.54) is 16.7 Å². The van der Waals surface area contributed by atoms with E-state index >= 15 is 0 Å². The average Bonchev–Trinajstić information content (AvgIpc) is 2.94. The first-order chi connectivity index (χ1) is 9.65. The highest BCUT2D eigenvalue weighted by molar-refractivity contribution is 5.83. The fraction of sp³-hybridized carbons (Fsp3) is 0.263. The summed E-state index contributed by atoms with van der Waals surface area (Å²) in [7, 11) is 0. The van der Waals surface area contributed by atoms with E-state index in [1.54, 1.807) is 6.26 Å². The van der Waals surface area contributed by atoms with Crippen LogP contribution in [0.5, 0.6) is 0 Å². The lowest BCUT2D eigenvalue weighted by molar-refractivity contribution is 0.535. The molecule has 2 aromatic carbocycles. The molecule has 0 N–H and O–H groups in total. The molecule has 1 unspecified atom stereocenters. The fourth-order valence-electron chi connectivity index (χ4n) is 2.51. The summed E-state index contributed by atoms with van der Waals surface area (Å²) < 4.78 is 5.39. The summed E-state index contributed by atoms with van der Waals surface area (Å²) in [4.78, 5) is 0. The van der Waals surface area contributed by atoms with Crippen LogP contribution in [0.25, 0.3) is 22.1 Å². The Morgan fingerprint density at radius 1 is 0.800 bits per heavy atom. The summed E-state index contributed by atoms with van der Waals surface area (Å²) in [6.07, 6.45) is 1.74. The molecule has 102 valence electrons. The normalized spacial score (nSPS) is 13.0. The van der Waals surface area contributed by atoms with Crippen LogP contribution in [0.4, 0.5) is 0 Å². The predicted molar refractivity (Wildman–Crippen MR) is 84.9 cm³/mol. The molecule has 20 heavy (non-hydrogen) atoms. The van der Waals surface area contributed by atoms with Crippen molar-refractivity contribution in [3.8, 4) is 11.1 Å². The number of hydrogen-bond acceptors (Lipinski definition) is 1. The van der Waals surface area contributed by atoms with Gasteiger partial charge in [0.1, 0.15) is 5.58 Å². The first-order valence-electron chi connectivity index (χ1n) is 7.23. The van der Waals surface area contributed by atoms with E-state index in [2.05, 4.69) is 57.2 Å². The first-order valence-corrected chi connectivity index (χ1v) is 7.23. The SMILES string of the molecule is CC(C)C(C)c1ccc(-c2ccc3occc3c2)cc1. The molecule has 0 aliphatic rings. The maximum atomic E-state index is 5.39. The largest absolute Gasteiger partial charge is 0.464 e. The van der Waals surface area contributed by atoms with Crippen LogP contribution in [0, 0.1) is 5.92 Å². The van der Waals surface area contributed by atoms with Gasteiger partial charge in [-0.2, -0.15) is 0 Å². The van der Waals surface area contributed by atoms with Crippen LogP contribution in [0.3, 0.4) is 0 Å². The van der Waals surface area contributed by atoms with Gasteiger partial charge in [0.05, 0.1) is 6.26 Å². The van der Waals surface area contributed by atoms with Crippen LogP contribution in [-0.4, -0.2) is 0 Å². The van der Waals surface area contributed by atoms with Gasteiger partial charge in [-0.1, -0.05) is 51.1 Å². The predicted octanol–water partition coefficient (Wildman–Crippen LogP) is 5.86. The summed E-state index contributed by atoms with van der Waals surface area (Å²) in [6.45, 7) is 6.83. The van der Waals surface area contributed by atoms with Crippen molar-refractivity contribution in [2.45, 2.75) is 26.7 Å². The van der Waals surface area contributed by atoms with Crippen molar-refractivity contribution in [3.05, 3.63) is 60.4 Å². The summed E-state index contributed by atoms with van der Waals surface area (Å²) in [5, 5.41) is 1.15. The number of rotatable bonds is 3. The van der Waals surface area contributed by atoms with E-state index in [0.717, 1.165) is 11.0 Å². The number of hydrogen-bond donors (Lipinski definition) is 0. The smallest absolute Gasteiger partial charge is 0.133 e. The van der Waals surface area contributed by atoms with Crippen molar-refractivity contribution >= 4 is 11.0 Å². The molecule has 0 bridgehead atoms. The van der Waals surface area contributed by atoms with Crippen LogP contribution in [-0.2, 0) is 0 Å².